The lowest BCUT2D eigenvalue weighted by molar-refractivity contribution is 0.438. The van der Waals surface area contributed by atoms with E-state index in [1.54, 1.807) is 0 Å². The third-order valence-electron chi connectivity index (χ3n) is 3.30. The normalized spacial score (nSPS) is 28.8. The van der Waals surface area contributed by atoms with E-state index in [4.69, 9.17) is 0 Å². The largest absolute Gasteiger partial charge is 0.311 e. The Morgan fingerprint density at radius 2 is 2.08 bits per heavy atom. The van der Waals surface area contributed by atoms with Crippen LogP contribution < -0.4 is 5.32 Å². The third kappa shape index (κ3) is 3.68. The van der Waals surface area contributed by atoms with Crippen LogP contribution in [0.4, 0.5) is 0 Å². The van der Waals surface area contributed by atoms with Crippen LogP contribution in [0.3, 0.4) is 0 Å². The minimum Gasteiger partial charge on any atom is -0.311 e. The van der Waals surface area contributed by atoms with Gasteiger partial charge in [-0.2, -0.15) is 0 Å². The predicted molar refractivity (Wildman–Crippen MR) is 58.9 cm³/mol. The summed E-state index contributed by atoms with van der Waals surface area (Å²) in [5.74, 6) is 0.996. The van der Waals surface area contributed by atoms with Gasteiger partial charge in [-0.3, -0.25) is 0 Å². The monoisotopic (exact) mass is 183 g/mol. The van der Waals surface area contributed by atoms with Crippen molar-refractivity contribution in [3.8, 4) is 0 Å². The Balaban J connectivity index is 2.10. The molecule has 1 aliphatic rings. The maximum atomic E-state index is 3.78. The molecule has 3 atom stereocenters. The first-order chi connectivity index (χ1) is 6.31. The fraction of sp³-hybridized carbons (Fsp3) is 1.00. The highest BCUT2D eigenvalue weighted by atomic mass is 15.0. The Morgan fingerprint density at radius 3 is 2.54 bits per heavy atom. The summed E-state index contributed by atoms with van der Waals surface area (Å²) in [6.45, 7) is 6.88. The van der Waals surface area contributed by atoms with Crippen molar-refractivity contribution in [3.05, 3.63) is 0 Å². The summed E-state index contributed by atoms with van der Waals surface area (Å²) >= 11 is 0. The first-order valence-electron chi connectivity index (χ1n) is 6.07. The van der Waals surface area contributed by atoms with E-state index in [0.29, 0.717) is 0 Å². The Hall–Kier alpha value is -0.0400. The lowest BCUT2D eigenvalue weighted by atomic mass is 10.1. The molecular weight excluding hydrogens is 158 g/mol. The van der Waals surface area contributed by atoms with Crippen LogP contribution in [0, 0.1) is 5.92 Å². The van der Waals surface area contributed by atoms with Crippen LogP contribution in [0.15, 0.2) is 0 Å². The molecule has 0 aromatic rings. The van der Waals surface area contributed by atoms with E-state index in [9.17, 15) is 0 Å². The molecule has 0 radical (unpaired) electrons. The molecule has 0 heterocycles. The lowest BCUT2D eigenvalue weighted by Crippen LogP contribution is -2.31. The minimum absolute atomic E-state index is 0.793. The number of nitrogens with one attached hydrogen (secondary N) is 1. The second-order valence-electron chi connectivity index (χ2n) is 4.42. The summed E-state index contributed by atoms with van der Waals surface area (Å²) < 4.78 is 0. The van der Waals surface area contributed by atoms with Gasteiger partial charge in [0.25, 0.3) is 0 Å². The van der Waals surface area contributed by atoms with Crippen molar-refractivity contribution < 1.29 is 0 Å². The van der Waals surface area contributed by atoms with Crippen molar-refractivity contribution in [2.24, 2.45) is 5.92 Å². The molecule has 0 saturated heterocycles. The summed E-state index contributed by atoms with van der Waals surface area (Å²) in [5, 5.41) is 3.78. The van der Waals surface area contributed by atoms with Gasteiger partial charge < -0.3 is 5.32 Å². The van der Waals surface area contributed by atoms with Crippen molar-refractivity contribution >= 4 is 0 Å². The zero-order valence-electron chi connectivity index (χ0n) is 9.47. The molecule has 13 heavy (non-hydrogen) atoms. The molecule has 1 rings (SSSR count). The molecule has 0 amide bonds. The lowest BCUT2D eigenvalue weighted by Gasteiger charge is -2.16. The first-order valence-corrected chi connectivity index (χ1v) is 6.07. The van der Waals surface area contributed by atoms with Crippen molar-refractivity contribution in [2.75, 3.05) is 0 Å². The Labute approximate surface area is 83.3 Å². The fourth-order valence-electron chi connectivity index (χ4n) is 2.06. The predicted octanol–water partition coefficient (Wildman–Crippen LogP) is 3.34. The van der Waals surface area contributed by atoms with E-state index in [0.717, 1.165) is 18.0 Å². The highest BCUT2D eigenvalue weighted by molar-refractivity contribution is 4.93. The molecule has 0 spiro atoms. The molecule has 1 heteroatoms. The van der Waals surface area contributed by atoms with E-state index in [2.05, 4.69) is 26.1 Å². The quantitative estimate of drug-likeness (QED) is 0.638. The van der Waals surface area contributed by atoms with Crippen LogP contribution >= 0.6 is 0 Å². The molecule has 78 valence electrons. The average Bonchev–Trinajstić information content (AvgIpc) is 2.90. The van der Waals surface area contributed by atoms with Gasteiger partial charge in [-0.1, -0.05) is 40.0 Å². The third-order valence-corrected chi connectivity index (χ3v) is 3.30. The van der Waals surface area contributed by atoms with Crippen LogP contribution in [0.1, 0.15) is 59.3 Å². The second-order valence-corrected chi connectivity index (χ2v) is 4.42. The number of unbranched alkanes of at least 4 members (excludes halogenated alkanes) is 1. The molecule has 0 aromatic carbocycles. The van der Waals surface area contributed by atoms with Gasteiger partial charge in [0.1, 0.15) is 0 Å². The summed E-state index contributed by atoms with van der Waals surface area (Å²) in [6.07, 6.45) is 8.18. The average molecular weight is 183 g/mol. The van der Waals surface area contributed by atoms with E-state index >= 15 is 0 Å². The van der Waals surface area contributed by atoms with Gasteiger partial charge >= 0.3 is 0 Å². The van der Waals surface area contributed by atoms with Crippen molar-refractivity contribution in [3.63, 3.8) is 0 Å². The topological polar surface area (TPSA) is 12.0 Å². The van der Waals surface area contributed by atoms with Gasteiger partial charge in [-0.25, -0.2) is 0 Å². The van der Waals surface area contributed by atoms with Crippen molar-refractivity contribution in [1.29, 1.82) is 0 Å². The number of hydrogen-bond donors (Lipinski definition) is 1. The Morgan fingerprint density at radius 1 is 1.31 bits per heavy atom. The molecule has 0 bridgehead atoms. The van der Waals surface area contributed by atoms with Crippen molar-refractivity contribution in [1.82, 2.24) is 5.32 Å². The standard InChI is InChI=1S/C12H25N/c1-4-7-8-11(6-3)13-12-9-10(12)5-2/h10-13H,4-9H2,1-3H3. The zero-order valence-corrected chi connectivity index (χ0v) is 9.47. The molecule has 1 nitrogen and oxygen atoms in total. The maximum Gasteiger partial charge on any atom is 0.0102 e. The van der Waals surface area contributed by atoms with E-state index in [-0.39, 0.29) is 0 Å². The van der Waals surface area contributed by atoms with Crippen LogP contribution in [-0.4, -0.2) is 12.1 Å². The van der Waals surface area contributed by atoms with Gasteiger partial charge in [-0.15, -0.1) is 0 Å². The summed E-state index contributed by atoms with van der Waals surface area (Å²) in [7, 11) is 0. The molecule has 1 aliphatic carbocycles. The smallest absolute Gasteiger partial charge is 0.0102 e. The van der Waals surface area contributed by atoms with Crippen molar-refractivity contribution in [2.45, 2.75) is 71.4 Å². The first kappa shape index (κ1) is 11.0. The van der Waals surface area contributed by atoms with Gasteiger partial charge in [0, 0.05) is 12.1 Å². The Bertz CT molecular complexity index is 133. The highest BCUT2D eigenvalue weighted by Crippen LogP contribution is 2.33. The van der Waals surface area contributed by atoms with E-state index in [1.807, 2.05) is 0 Å². The van der Waals surface area contributed by atoms with Crippen LogP contribution in [-0.2, 0) is 0 Å². The summed E-state index contributed by atoms with van der Waals surface area (Å²) in [6, 6.07) is 1.66. The van der Waals surface area contributed by atoms with E-state index in [1.165, 1.54) is 38.5 Å². The van der Waals surface area contributed by atoms with E-state index < -0.39 is 0 Å². The van der Waals surface area contributed by atoms with Crippen LogP contribution in [0.25, 0.3) is 0 Å². The molecule has 1 fully saturated rings. The zero-order chi connectivity index (χ0) is 9.68. The molecule has 3 unspecified atom stereocenters. The number of hydrogen-bond acceptors (Lipinski definition) is 1. The van der Waals surface area contributed by atoms with Gasteiger partial charge in [0.15, 0.2) is 0 Å². The molecule has 0 aromatic heterocycles. The molecule has 0 aliphatic heterocycles. The van der Waals surface area contributed by atoms with Gasteiger partial charge in [0.2, 0.25) is 0 Å². The fourth-order valence-corrected chi connectivity index (χ4v) is 2.06. The maximum absolute atomic E-state index is 3.78. The van der Waals surface area contributed by atoms with Crippen LogP contribution in [0.2, 0.25) is 0 Å². The number of rotatable bonds is 7. The molecule has 1 saturated carbocycles. The van der Waals surface area contributed by atoms with Gasteiger partial charge in [0.05, 0.1) is 0 Å². The van der Waals surface area contributed by atoms with Crippen LogP contribution in [0.5, 0.6) is 0 Å². The van der Waals surface area contributed by atoms with Gasteiger partial charge in [-0.05, 0) is 25.2 Å². The SMILES string of the molecule is CCCCC(CC)NC1CC1CC. The highest BCUT2D eigenvalue weighted by Gasteiger charge is 2.35. The molecular formula is C12H25N. The summed E-state index contributed by atoms with van der Waals surface area (Å²) in [4.78, 5) is 0. The summed E-state index contributed by atoms with van der Waals surface area (Å²) in [5.41, 5.74) is 0. The molecule has 1 N–H and O–H groups in total. The Kier molecular flexibility index (Phi) is 4.79. The second kappa shape index (κ2) is 5.64. The minimum atomic E-state index is 0.793.